The molecule has 0 bridgehead atoms. The number of hydrogen-bond acceptors (Lipinski definition) is 4. The summed E-state index contributed by atoms with van der Waals surface area (Å²) in [6.45, 7) is 3.38. The summed E-state index contributed by atoms with van der Waals surface area (Å²) >= 11 is 1.73. The molecule has 0 saturated carbocycles. The van der Waals surface area contributed by atoms with Gasteiger partial charge in [-0.3, -0.25) is 0 Å². The summed E-state index contributed by atoms with van der Waals surface area (Å²) in [5.74, 6) is 0.958. The van der Waals surface area contributed by atoms with Crippen LogP contribution in [0.3, 0.4) is 0 Å². The number of hydrogen-bond donors (Lipinski definition) is 2. The average molecular weight is 274 g/mol. The number of aliphatic hydroxyl groups is 1. The fourth-order valence-corrected chi connectivity index (χ4v) is 2.19. The minimum atomic E-state index is 0. The van der Waals surface area contributed by atoms with Gasteiger partial charge in [0.05, 0.1) is 25.4 Å². The number of thiophene rings is 1. The zero-order valence-corrected chi connectivity index (χ0v) is 11.2. The monoisotopic (exact) mass is 273 g/mol. The van der Waals surface area contributed by atoms with E-state index in [-0.39, 0.29) is 19.0 Å². The highest BCUT2D eigenvalue weighted by Gasteiger charge is 2.04. The minimum absolute atomic E-state index is 0. The molecule has 2 aromatic heterocycles. The Morgan fingerprint density at radius 1 is 1.53 bits per heavy atom. The molecule has 0 amide bonds. The number of nitrogens with zero attached hydrogens (tertiary/aromatic N) is 2. The molecule has 0 aliphatic rings. The normalized spacial score (nSPS) is 10.0. The largest absolute Gasteiger partial charge is 0.394 e. The first-order chi connectivity index (χ1) is 7.79. The first-order valence-electron chi connectivity index (χ1n) is 5.21. The summed E-state index contributed by atoms with van der Waals surface area (Å²) in [6.07, 6.45) is 0. The van der Waals surface area contributed by atoms with Crippen molar-refractivity contribution in [3.05, 3.63) is 34.2 Å². The third-order valence-electron chi connectivity index (χ3n) is 2.24. The van der Waals surface area contributed by atoms with Gasteiger partial charge in [-0.15, -0.1) is 23.7 Å². The maximum absolute atomic E-state index is 8.92. The Labute approximate surface area is 111 Å². The molecule has 2 N–H and O–H groups in total. The van der Waals surface area contributed by atoms with E-state index in [4.69, 9.17) is 5.11 Å². The standard InChI is InChI=1S/C11H15N3OS.ClH/c1-9-7-11(14(13-9)4-5-15)12-8-10-3-2-6-16-10;/h2-3,6-7,12,15H,4-5,8H2,1H3;1H. The smallest absolute Gasteiger partial charge is 0.124 e. The van der Waals surface area contributed by atoms with Gasteiger partial charge in [0.25, 0.3) is 0 Å². The van der Waals surface area contributed by atoms with Crippen molar-refractivity contribution in [3.63, 3.8) is 0 Å². The predicted molar refractivity (Wildman–Crippen MR) is 72.9 cm³/mol. The van der Waals surface area contributed by atoms with Gasteiger partial charge in [-0.05, 0) is 18.4 Å². The Bertz CT molecular complexity index is 442. The molecular weight excluding hydrogens is 258 g/mol. The van der Waals surface area contributed by atoms with Crippen molar-refractivity contribution in [2.45, 2.75) is 20.0 Å². The lowest BCUT2D eigenvalue weighted by molar-refractivity contribution is 0.270. The van der Waals surface area contributed by atoms with Crippen molar-refractivity contribution in [1.82, 2.24) is 9.78 Å². The Kier molecular flexibility index (Phi) is 5.47. The van der Waals surface area contributed by atoms with Gasteiger partial charge in [0.1, 0.15) is 5.82 Å². The summed E-state index contributed by atoms with van der Waals surface area (Å²) in [7, 11) is 0. The van der Waals surface area contributed by atoms with Crippen LogP contribution in [0.25, 0.3) is 0 Å². The molecule has 0 radical (unpaired) electrons. The van der Waals surface area contributed by atoms with E-state index in [1.165, 1.54) is 4.88 Å². The highest BCUT2D eigenvalue weighted by Crippen LogP contribution is 2.14. The lowest BCUT2D eigenvalue weighted by Gasteiger charge is -2.07. The van der Waals surface area contributed by atoms with Crippen LogP contribution in [-0.2, 0) is 13.1 Å². The maximum atomic E-state index is 8.92. The molecule has 94 valence electrons. The number of aliphatic hydroxyl groups excluding tert-OH is 1. The number of aromatic nitrogens is 2. The summed E-state index contributed by atoms with van der Waals surface area (Å²) in [4.78, 5) is 1.29. The van der Waals surface area contributed by atoms with Crippen LogP contribution in [0.1, 0.15) is 10.6 Å². The van der Waals surface area contributed by atoms with E-state index in [0.29, 0.717) is 6.54 Å². The van der Waals surface area contributed by atoms with Crippen LogP contribution in [0.4, 0.5) is 5.82 Å². The molecule has 0 aliphatic heterocycles. The number of halogens is 1. The van der Waals surface area contributed by atoms with E-state index in [9.17, 15) is 0 Å². The van der Waals surface area contributed by atoms with Gasteiger partial charge in [-0.2, -0.15) is 5.10 Å². The molecule has 6 heteroatoms. The lowest BCUT2D eigenvalue weighted by Crippen LogP contribution is -2.09. The Morgan fingerprint density at radius 2 is 2.35 bits per heavy atom. The summed E-state index contributed by atoms with van der Waals surface area (Å²) in [5.41, 5.74) is 0.960. The maximum Gasteiger partial charge on any atom is 0.124 e. The van der Waals surface area contributed by atoms with E-state index in [2.05, 4.69) is 21.9 Å². The third-order valence-corrected chi connectivity index (χ3v) is 3.11. The van der Waals surface area contributed by atoms with Crippen LogP contribution < -0.4 is 5.32 Å². The van der Waals surface area contributed by atoms with Crippen molar-refractivity contribution in [3.8, 4) is 0 Å². The molecule has 0 unspecified atom stereocenters. The van der Waals surface area contributed by atoms with Gasteiger partial charge < -0.3 is 10.4 Å². The van der Waals surface area contributed by atoms with Crippen molar-refractivity contribution in [2.75, 3.05) is 11.9 Å². The molecule has 0 aromatic carbocycles. The molecule has 0 atom stereocenters. The van der Waals surface area contributed by atoms with Crippen molar-refractivity contribution >= 4 is 29.6 Å². The average Bonchev–Trinajstić information content (AvgIpc) is 2.86. The second-order valence-corrected chi connectivity index (χ2v) is 4.58. The predicted octanol–water partition coefficient (Wildman–Crippen LogP) is 2.28. The van der Waals surface area contributed by atoms with Gasteiger partial charge in [-0.25, -0.2) is 4.68 Å². The second-order valence-electron chi connectivity index (χ2n) is 3.55. The molecule has 2 heterocycles. The minimum Gasteiger partial charge on any atom is -0.394 e. The van der Waals surface area contributed by atoms with E-state index in [1.54, 1.807) is 16.0 Å². The van der Waals surface area contributed by atoms with Crippen LogP contribution in [0.2, 0.25) is 0 Å². The zero-order chi connectivity index (χ0) is 11.4. The van der Waals surface area contributed by atoms with E-state index in [0.717, 1.165) is 18.1 Å². The van der Waals surface area contributed by atoms with Crippen LogP contribution >= 0.6 is 23.7 Å². The zero-order valence-electron chi connectivity index (χ0n) is 9.59. The second kappa shape index (κ2) is 6.64. The van der Waals surface area contributed by atoms with Gasteiger partial charge in [0.15, 0.2) is 0 Å². The summed E-state index contributed by atoms with van der Waals surface area (Å²) in [6, 6.07) is 6.12. The fourth-order valence-electron chi connectivity index (χ4n) is 1.54. The van der Waals surface area contributed by atoms with Crippen LogP contribution in [-0.4, -0.2) is 21.5 Å². The number of anilines is 1. The van der Waals surface area contributed by atoms with Crippen LogP contribution in [0.5, 0.6) is 0 Å². The first-order valence-corrected chi connectivity index (χ1v) is 6.09. The Morgan fingerprint density at radius 3 is 3.00 bits per heavy atom. The molecule has 2 aromatic rings. The van der Waals surface area contributed by atoms with Gasteiger partial charge in [0, 0.05) is 10.9 Å². The highest BCUT2D eigenvalue weighted by atomic mass is 35.5. The molecule has 17 heavy (non-hydrogen) atoms. The molecule has 2 rings (SSSR count). The van der Waals surface area contributed by atoms with E-state index in [1.807, 2.05) is 19.1 Å². The van der Waals surface area contributed by atoms with Crippen LogP contribution in [0.15, 0.2) is 23.6 Å². The Balaban J connectivity index is 0.00000144. The molecular formula is C11H16ClN3OS. The lowest BCUT2D eigenvalue weighted by atomic mass is 10.4. The van der Waals surface area contributed by atoms with E-state index >= 15 is 0 Å². The van der Waals surface area contributed by atoms with E-state index < -0.39 is 0 Å². The third kappa shape index (κ3) is 3.73. The molecule has 0 saturated heterocycles. The first kappa shape index (κ1) is 14.0. The molecule has 0 aliphatic carbocycles. The van der Waals surface area contributed by atoms with Gasteiger partial charge in [-0.1, -0.05) is 6.07 Å². The number of nitrogens with one attached hydrogen (secondary N) is 1. The topological polar surface area (TPSA) is 50.1 Å². The molecule has 4 nitrogen and oxygen atoms in total. The number of aryl methyl sites for hydroxylation is 1. The van der Waals surface area contributed by atoms with Crippen molar-refractivity contribution in [2.24, 2.45) is 0 Å². The van der Waals surface area contributed by atoms with Gasteiger partial charge in [0.2, 0.25) is 0 Å². The highest BCUT2D eigenvalue weighted by molar-refractivity contribution is 7.09. The quantitative estimate of drug-likeness (QED) is 0.879. The fraction of sp³-hybridized carbons (Fsp3) is 0.364. The van der Waals surface area contributed by atoms with Crippen LogP contribution in [0, 0.1) is 6.92 Å². The van der Waals surface area contributed by atoms with Crippen molar-refractivity contribution in [1.29, 1.82) is 0 Å². The van der Waals surface area contributed by atoms with Crippen molar-refractivity contribution < 1.29 is 5.11 Å². The molecule has 0 fully saturated rings. The summed E-state index contributed by atoms with van der Waals surface area (Å²) in [5, 5.41) is 18.6. The Hall–Kier alpha value is -1.04. The SMILES string of the molecule is Cc1cc(NCc2cccs2)n(CCO)n1.Cl. The summed E-state index contributed by atoms with van der Waals surface area (Å²) < 4.78 is 1.79. The van der Waals surface area contributed by atoms with Gasteiger partial charge >= 0.3 is 0 Å². The number of rotatable bonds is 5. The molecule has 0 spiro atoms.